The molecule has 2 nitrogen and oxygen atoms in total. The molecule has 0 fully saturated rings. The number of benzene rings is 2. The number of nitrogens with one attached hydrogen (secondary N) is 2. The number of halogens is 3. The first-order valence-electron chi connectivity index (χ1n) is 5.75. The van der Waals surface area contributed by atoms with Gasteiger partial charge in [-0.15, -0.1) is 0 Å². The average molecular weight is 329 g/mol. The number of rotatable bonds is 2. The van der Waals surface area contributed by atoms with Crippen LogP contribution in [0.3, 0.4) is 0 Å². The lowest BCUT2D eigenvalue weighted by Crippen LogP contribution is -2.20. The van der Waals surface area contributed by atoms with E-state index in [1.54, 1.807) is 24.3 Å². The summed E-state index contributed by atoms with van der Waals surface area (Å²) in [5.74, 6) is -0.536. The molecule has 0 heterocycles. The van der Waals surface area contributed by atoms with Gasteiger partial charge in [-0.05, 0) is 55.0 Å². The van der Waals surface area contributed by atoms with E-state index in [0.29, 0.717) is 5.02 Å². The number of thiocarbonyl (C=S) groups is 1. The highest BCUT2D eigenvalue weighted by atomic mass is 35.5. The molecule has 0 spiro atoms. The van der Waals surface area contributed by atoms with Crippen LogP contribution < -0.4 is 10.6 Å². The third kappa shape index (κ3) is 3.60. The molecule has 0 bridgehead atoms. The molecule has 0 aromatic heterocycles. The van der Waals surface area contributed by atoms with Crippen LogP contribution in [0, 0.1) is 12.7 Å². The molecular weight excluding hydrogens is 318 g/mol. The van der Waals surface area contributed by atoms with Crippen LogP contribution in [0.2, 0.25) is 10.0 Å². The van der Waals surface area contributed by atoms with E-state index in [-0.39, 0.29) is 15.8 Å². The first-order chi connectivity index (χ1) is 9.47. The van der Waals surface area contributed by atoms with Gasteiger partial charge in [-0.1, -0.05) is 29.3 Å². The van der Waals surface area contributed by atoms with E-state index >= 15 is 0 Å². The molecule has 0 aliphatic rings. The first kappa shape index (κ1) is 15.0. The van der Waals surface area contributed by atoms with Gasteiger partial charge in [0.2, 0.25) is 0 Å². The van der Waals surface area contributed by atoms with Crippen molar-refractivity contribution in [3.63, 3.8) is 0 Å². The smallest absolute Gasteiger partial charge is 0.175 e. The Hall–Kier alpha value is -1.36. The van der Waals surface area contributed by atoms with E-state index in [1.165, 1.54) is 6.07 Å². The van der Waals surface area contributed by atoms with Crippen molar-refractivity contribution < 1.29 is 4.39 Å². The molecule has 104 valence electrons. The second-order valence-electron chi connectivity index (χ2n) is 4.14. The maximum Gasteiger partial charge on any atom is 0.175 e. The fourth-order valence-electron chi connectivity index (χ4n) is 1.64. The molecule has 0 aliphatic carbocycles. The highest BCUT2D eigenvalue weighted by molar-refractivity contribution is 7.80. The first-order valence-corrected chi connectivity index (χ1v) is 6.92. The predicted molar refractivity (Wildman–Crippen MR) is 87.4 cm³/mol. The Bertz CT molecular complexity index is 662. The Labute approximate surface area is 131 Å². The van der Waals surface area contributed by atoms with Gasteiger partial charge in [0, 0.05) is 10.7 Å². The SMILES string of the molecule is Cc1cc(Cl)ccc1NC(=S)Nc1cccc(Cl)c1F. The predicted octanol–water partition coefficient (Wildman–Crippen LogP) is 5.25. The number of hydrogen-bond acceptors (Lipinski definition) is 1. The lowest BCUT2D eigenvalue weighted by atomic mass is 10.2. The highest BCUT2D eigenvalue weighted by Gasteiger charge is 2.08. The average Bonchev–Trinajstić information content (AvgIpc) is 2.38. The molecule has 0 aliphatic heterocycles. The van der Waals surface area contributed by atoms with E-state index < -0.39 is 5.82 Å². The fourth-order valence-corrected chi connectivity index (χ4v) is 2.26. The third-order valence-electron chi connectivity index (χ3n) is 2.64. The van der Waals surface area contributed by atoms with Crippen LogP contribution in [0.25, 0.3) is 0 Å². The third-order valence-corrected chi connectivity index (χ3v) is 3.37. The molecule has 0 unspecified atom stereocenters. The van der Waals surface area contributed by atoms with Crippen molar-refractivity contribution in [2.75, 3.05) is 10.6 Å². The van der Waals surface area contributed by atoms with Gasteiger partial charge in [0.1, 0.15) is 0 Å². The number of anilines is 2. The summed E-state index contributed by atoms with van der Waals surface area (Å²) in [7, 11) is 0. The summed E-state index contributed by atoms with van der Waals surface area (Å²) in [6.07, 6.45) is 0. The molecule has 2 rings (SSSR count). The minimum absolute atomic E-state index is 0.0421. The van der Waals surface area contributed by atoms with E-state index in [9.17, 15) is 4.39 Å². The molecule has 0 atom stereocenters. The van der Waals surface area contributed by atoms with Gasteiger partial charge in [-0.3, -0.25) is 0 Å². The summed E-state index contributed by atoms with van der Waals surface area (Å²) < 4.78 is 13.7. The van der Waals surface area contributed by atoms with Crippen molar-refractivity contribution >= 4 is 51.9 Å². The van der Waals surface area contributed by atoms with Gasteiger partial charge >= 0.3 is 0 Å². The van der Waals surface area contributed by atoms with E-state index in [2.05, 4.69) is 10.6 Å². The molecule has 0 saturated heterocycles. The molecule has 2 aromatic rings. The Balaban J connectivity index is 2.11. The monoisotopic (exact) mass is 328 g/mol. The minimum Gasteiger partial charge on any atom is -0.332 e. The van der Waals surface area contributed by atoms with E-state index in [0.717, 1.165) is 11.3 Å². The van der Waals surface area contributed by atoms with Crippen LogP contribution >= 0.6 is 35.4 Å². The molecule has 0 radical (unpaired) electrons. The van der Waals surface area contributed by atoms with Crippen LogP contribution in [0.5, 0.6) is 0 Å². The van der Waals surface area contributed by atoms with Crippen LogP contribution in [0.1, 0.15) is 5.56 Å². The summed E-state index contributed by atoms with van der Waals surface area (Å²) in [6.45, 7) is 1.90. The van der Waals surface area contributed by atoms with Gasteiger partial charge in [0.25, 0.3) is 0 Å². The summed E-state index contributed by atoms with van der Waals surface area (Å²) in [6, 6.07) is 10.0. The van der Waals surface area contributed by atoms with E-state index in [4.69, 9.17) is 35.4 Å². The summed E-state index contributed by atoms with van der Waals surface area (Å²) >= 11 is 16.7. The normalized spacial score (nSPS) is 10.2. The quantitative estimate of drug-likeness (QED) is 0.736. The Morgan fingerprint density at radius 2 is 1.80 bits per heavy atom. The second kappa shape index (κ2) is 6.39. The molecule has 2 N–H and O–H groups in total. The van der Waals surface area contributed by atoms with Crippen molar-refractivity contribution in [1.82, 2.24) is 0 Å². The summed E-state index contributed by atoms with van der Waals surface area (Å²) in [5, 5.41) is 6.72. The highest BCUT2D eigenvalue weighted by Crippen LogP contribution is 2.23. The topological polar surface area (TPSA) is 24.1 Å². The minimum atomic E-state index is -0.536. The zero-order valence-electron chi connectivity index (χ0n) is 10.5. The van der Waals surface area contributed by atoms with Gasteiger partial charge in [-0.25, -0.2) is 4.39 Å². The lowest BCUT2D eigenvalue weighted by molar-refractivity contribution is 0.632. The van der Waals surface area contributed by atoms with Gasteiger partial charge in [0.05, 0.1) is 10.7 Å². The molecule has 0 amide bonds. The van der Waals surface area contributed by atoms with Crippen LogP contribution in [-0.4, -0.2) is 5.11 Å². The van der Waals surface area contributed by atoms with Crippen molar-refractivity contribution in [3.05, 3.63) is 57.8 Å². The summed E-state index contributed by atoms with van der Waals surface area (Å²) in [5.41, 5.74) is 1.96. The fraction of sp³-hybridized carbons (Fsp3) is 0.0714. The van der Waals surface area contributed by atoms with E-state index in [1.807, 2.05) is 13.0 Å². The number of aryl methyl sites for hydroxylation is 1. The molecule has 20 heavy (non-hydrogen) atoms. The van der Waals surface area contributed by atoms with Crippen LogP contribution in [-0.2, 0) is 0 Å². The zero-order chi connectivity index (χ0) is 14.7. The Morgan fingerprint density at radius 1 is 1.10 bits per heavy atom. The van der Waals surface area contributed by atoms with Crippen LogP contribution in [0.15, 0.2) is 36.4 Å². The van der Waals surface area contributed by atoms with Gasteiger partial charge < -0.3 is 10.6 Å². The molecule has 6 heteroatoms. The second-order valence-corrected chi connectivity index (χ2v) is 5.39. The van der Waals surface area contributed by atoms with Gasteiger partial charge in [-0.2, -0.15) is 0 Å². The summed E-state index contributed by atoms with van der Waals surface area (Å²) in [4.78, 5) is 0. The molecular formula is C14H11Cl2FN2S. The largest absolute Gasteiger partial charge is 0.332 e. The van der Waals surface area contributed by atoms with Crippen LogP contribution in [0.4, 0.5) is 15.8 Å². The lowest BCUT2D eigenvalue weighted by Gasteiger charge is -2.13. The van der Waals surface area contributed by atoms with Crippen molar-refractivity contribution in [2.45, 2.75) is 6.92 Å². The standard InChI is InChI=1S/C14H11Cl2FN2S/c1-8-7-9(15)5-6-11(8)18-14(20)19-12-4-2-3-10(16)13(12)17/h2-7H,1H3,(H2,18,19,20). The molecule has 2 aromatic carbocycles. The zero-order valence-corrected chi connectivity index (χ0v) is 12.8. The Morgan fingerprint density at radius 3 is 2.50 bits per heavy atom. The van der Waals surface area contributed by atoms with Crippen molar-refractivity contribution in [3.8, 4) is 0 Å². The number of hydrogen-bond donors (Lipinski definition) is 2. The van der Waals surface area contributed by atoms with Gasteiger partial charge in [0.15, 0.2) is 10.9 Å². The maximum atomic E-state index is 13.7. The van der Waals surface area contributed by atoms with Crippen molar-refractivity contribution in [2.24, 2.45) is 0 Å². The Kier molecular flexibility index (Phi) is 4.81. The molecule has 0 saturated carbocycles. The maximum absolute atomic E-state index is 13.7. The van der Waals surface area contributed by atoms with Crippen molar-refractivity contribution in [1.29, 1.82) is 0 Å².